The van der Waals surface area contributed by atoms with Gasteiger partial charge in [-0.15, -0.1) is 0 Å². The summed E-state index contributed by atoms with van der Waals surface area (Å²) in [7, 11) is -3.40. The Hall–Kier alpha value is -1.68. The molecular weight excluding hydrogens is 396 g/mol. The summed E-state index contributed by atoms with van der Waals surface area (Å²) in [5, 5.41) is 0. The molecule has 0 saturated carbocycles. The summed E-state index contributed by atoms with van der Waals surface area (Å²) in [5.74, 6) is 0.491. The van der Waals surface area contributed by atoms with Gasteiger partial charge in [0, 0.05) is 18.2 Å². The van der Waals surface area contributed by atoms with Gasteiger partial charge in [-0.05, 0) is 31.7 Å². The van der Waals surface area contributed by atoms with Crippen LogP contribution in [0.15, 0.2) is 24.3 Å². The van der Waals surface area contributed by atoms with E-state index in [4.69, 9.17) is 14.2 Å². The quantitative estimate of drug-likeness (QED) is 0.767. The topological polar surface area (TPSA) is 94.2 Å². The lowest BCUT2D eigenvalue weighted by Gasteiger charge is -2.41. The third-order valence-electron chi connectivity index (χ3n) is 5.82. The summed E-state index contributed by atoms with van der Waals surface area (Å²) in [6.07, 6.45) is 4.02. The monoisotopic (exact) mass is 424 g/mol. The van der Waals surface area contributed by atoms with E-state index in [0.29, 0.717) is 25.3 Å². The summed E-state index contributed by atoms with van der Waals surface area (Å²) in [6, 6.07) is 6.90. The molecule has 160 valence electrons. The van der Waals surface area contributed by atoms with Gasteiger partial charge < -0.3 is 19.1 Å². The Bertz CT molecular complexity index is 837. The number of hydrogen-bond acceptors (Lipinski definition) is 6. The molecule has 0 spiro atoms. The average molecular weight is 425 g/mol. The van der Waals surface area contributed by atoms with E-state index < -0.39 is 10.0 Å². The van der Waals surface area contributed by atoms with Crippen molar-refractivity contribution in [3.05, 3.63) is 29.8 Å². The van der Waals surface area contributed by atoms with Crippen molar-refractivity contribution in [3.8, 4) is 5.75 Å². The molecule has 1 aromatic rings. The van der Waals surface area contributed by atoms with Crippen molar-refractivity contribution in [1.29, 1.82) is 0 Å². The first-order chi connectivity index (χ1) is 13.9. The van der Waals surface area contributed by atoms with E-state index in [1.165, 1.54) is 0 Å². The van der Waals surface area contributed by atoms with Gasteiger partial charge >= 0.3 is 0 Å². The second kappa shape index (κ2) is 8.59. The Morgan fingerprint density at radius 1 is 1.10 bits per heavy atom. The van der Waals surface area contributed by atoms with Crippen LogP contribution in [-0.2, 0) is 24.3 Å². The second-order valence-corrected chi connectivity index (χ2v) is 9.75. The van der Waals surface area contributed by atoms with E-state index in [-0.39, 0.29) is 43.4 Å². The minimum absolute atomic E-state index is 0.0714. The number of hydrogen-bond donors (Lipinski definition) is 1. The Labute approximate surface area is 171 Å². The maximum Gasteiger partial charge on any atom is 0.260 e. The molecule has 1 N–H and O–H groups in total. The molecule has 1 aromatic carbocycles. The Kier molecular flexibility index (Phi) is 6.10. The van der Waals surface area contributed by atoms with Crippen LogP contribution in [0.5, 0.6) is 5.75 Å². The minimum atomic E-state index is -3.40. The molecule has 4 heterocycles. The summed E-state index contributed by atoms with van der Waals surface area (Å²) < 4.78 is 44.4. The maximum absolute atomic E-state index is 13.0. The number of fused-ring (bicyclic) bond motifs is 5. The van der Waals surface area contributed by atoms with Gasteiger partial charge in [0.05, 0.1) is 37.7 Å². The highest BCUT2D eigenvalue weighted by Gasteiger charge is 2.37. The van der Waals surface area contributed by atoms with Crippen LogP contribution in [0, 0.1) is 0 Å². The van der Waals surface area contributed by atoms with Crippen LogP contribution in [0.2, 0.25) is 0 Å². The van der Waals surface area contributed by atoms with Crippen molar-refractivity contribution in [3.63, 3.8) is 0 Å². The molecule has 0 aromatic heterocycles. The van der Waals surface area contributed by atoms with E-state index in [1.807, 2.05) is 24.3 Å². The minimum Gasteiger partial charge on any atom is -0.483 e. The number of piperidine rings is 1. The number of rotatable bonds is 2. The lowest BCUT2D eigenvalue weighted by molar-refractivity contribution is -0.142. The molecule has 2 bridgehead atoms. The predicted molar refractivity (Wildman–Crippen MR) is 106 cm³/mol. The number of nitrogens with zero attached hydrogens (tertiary/aromatic N) is 1. The molecule has 2 fully saturated rings. The van der Waals surface area contributed by atoms with Gasteiger partial charge in [-0.2, -0.15) is 0 Å². The maximum atomic E-state index is 13.0. The third-order valence-corrected chi connectivity index (χ3v) is 6.55. The lowest BCUT2D eigenvalue weighted by atomic mass is 9.97. The third kappa shape index (κ3) is 4.91. The zero-order chi connectivity index (χ0) is 20.4. The van der Waals surface area contributed by atoms with Crippen LogP contribution in [0.1, 0.15) is 37.4 Å². The zero-order valence-electron chi connectivity index (χ0n) is 16.6. The van der Waals surface area contributed by atoms with Crippen LogP contribution in [0.4, 0.5) is 0 Å². The molecule has 4 aliphatic heterocycles. The van der Waals surface area contributed by atoms with E-state index in [1.54, 1.807) is 4.90 Å². The number of benzene rings is 1. The van der Waals surface area contributed by atoms with Gasteiger partial charge in [-0.1, -0.05) is 18.2 Å². The van der Waals surface area contributed by atoms with Crippen LogP contribution in [0.25, 0.3) is 0 Å². The molecule has 29 heavy (non-hydrogen) atoms. The second-order valence-electron chi connectivity index (χ2n) is 7.97. The highest BCUT2D eigenvalue weighted by molar-refractivity contribution is 7.88. The van der Waals surface area contributed by atoms with Crippen LogP contribution in [-0.4, -0.2) is 70.0 Å². The van der Waals surface area contributed by atoms with Crippen molar-refractivity contribution in [2.75, 3.05) is 32.6 Å². The van der Waals surface area contributed by atoms with E-state index in [0.717, 1.165) is 31.1 Å². The number of para-hydroxylation sites is 1. The summed E-state index contributed by atoms with van der Waals surface area (Å²) >= 11 is 0. The van der Waals surface area contributed by atoms with Gasteiger partial charge in [0.1, 0.15) is 5.75 Å². The van der Waals surface area contributed by atoms with E-state index in [9.17, 15) is 13.2 Å². The first-order valence-corrected chi connectivity index (χ1v) is 12.0. The molecule has 5 rings (SSSR count). The summed E-state index contributed by atoms with van der Waals surface area (Å²) in [4.78, 5) is 14.7. The molecule has 4 atom stereocenters. The fourth-order valence-corrected chi connectivity index (χ4v) is 5.25. The number of nitrogens with one attached hydrogen (secondary N) is 1. The van der Waals surface area contributed by atoms with Crippen LogP contribution < -0.4 is 9.46 Å². The summed E-state index contributed by atoms with van der Waals surface area (Å²) in [5.41, 5.74) is 0.949. The smallest absolute Gasteiger partial charge is 0.260 e. The number of carbonyl (C=O) groups excluding carboxylic acids is 1. The fourth-order valence-electron chi connectivity index (χ4n) is 4.42. The molecule has 0 aliphatic carbocycles. The SMILES string of the molecule is CS(=O)(=O)N[C@H]1CCCN2C(=O)COc3ccccc3C3CC[C@H](CO3)OC[C@@H]12. The highest BCUT2D eigenvalue weighted by atomic mass is 32.2. The number of sulfonamides is 1. The molecule has 8 nitrogen and oxygen atoms in total. The molecular formula is C20H28N2O6S. The molecule has 4 aliphatic rings. The molecule has 0 radical (unpaired) electrons. The number of amides is 1. The highest BCUT2D eigenvalue weighted by Crippen LogP contribution is 2.35. The predicted octanol–water partition coefficient (Wildman–Crippen LogP) is 1.22. The van der Waals surface area contributed by atoms with Crippen LogP contribution >= 0.6 is 0 Å². The van der Waals surface area contributed by atoms with Crippen LogP contribution in [0.3, 0.4) is 0 Å². The van der Waals surface area contributed by atoms with Crippen molar-refractivity contribution in [2.24, 2.45) is 0 Å². The van der Waals surface area contributed by atoms with Crippen molar-refractivity contribution in [1.82, 2.24) is 9.62 Å². The van der Waals surface area contributed by atoms with Gasteiger partial charge in [0.25, 0.3) is 5.91 Å². The Morgan fingerprint density at radius 2 is 1.93 bits per heavy atom. The number of ether oxygens (including phenoxy) is 3. The van der Waals surface area contributed by atoms with Crippen molar-refractivity contribution >= 4 is 15.9 Å². The fraction of sp³-hybridized carbons (Fsp3) is 0.650. The van der Waals surface area contributed by atoms with Gasteiger partial charge in [0.2, 0.25) is 10.0 Å². The molecule has 1 unspecified atom stereocenters. The van der Waals surface area contributed by atoms with Gasteiger partial charge in [0.15, 0.2) is 6.61 Å². The van der Waals surface area contributed by atoms with Crippen molar-refractivity contribution in [2.45, 2.75) is 50.0 Å². The Balaban J connectivity index is 1.61. The summed E-state index contributed by atoms with van der Waals surface area (Å²) in [6.45, 7) is 1.19. The molecule has 1 amide bonds. The molecule has 9 heteroatoms. The van der Waals surface area contributed by atoms with E-state index >= 15 is 0 Å². The average Bonchev–Trinajstić information content (AvgIpc) is 2.71. The standard InChI is InChI=1S/C20H28N2O6S/c1-29(24,25)21-16-6-4-10-22-17(16)12-26-14-8-9-19(27-11-14)15-5-2-3-7-18(15)28-13-20(22)23/h2-3,5,7,14,16-17,19,21H,4,6,8-13H2,1H3/t14-,16+,17+,19?/m1/s1. The van der Waals surface area contributed by atoms with Gasteiger partial charge in [-0.25, -0.2) is 13.1 Å². The van der Waals surface area contributed by atoms with Gasteiger partial charge in [-0.3, -0.25) is 4.79 Å². The lowest BCUT2D eigenvalue weighted by Crippen LogP contribution is -2.59. The number of carbonyl (C=O) groups is 1. The molecule has 2 saturated heterocycles. The van der Waals surface area contributed by atoms with Crippen molar-refractivity contribution < 1.29 is 27.4 Å². The largest absolute Gasteiger partial charge is 0.483 e. The van der Waals surface area contributed by atoms with E-state index in [2.05, 4.69) is 4.72 Å². The zero-order valence-corrected chi connectivity index (χ0v) is 17.4. The first-order valence-electron chi connectivity index (χ1n) is 10.1. The normalized spacial score (nSPS) is 30.9. The Morgan fingerprint density at radius 3 is 2.69 bits per heavy atom. The first kappa shape index (κ1) is 20.6.